The van der Waals surface area contributed by atoms with Gasteiger partial charge in [0.05, 0.1) is 0 Å². The Morgan fingerprint density at radius 1 is 1.21 bits per heavy atom. The fourth-order valence-electron chi connectivity index (χ4n) is 2.22. The molecule has 1 fully saturated rings. The van der Waals surface area contributed by atoms with E-state index in [1.165, 1.54) is 0 Å². The molecule has 0 spiro atoms. The van der Waals surface area contributed by atoms with E-state index in [1.54, 1.807) is 0 Å². The highest BCUT2D eigenvalue weighted by Gasteiger charge is 2.31. The highest BCUT2D eigenvalue weighted by atomic mass is 16.6. The Morgan fingerprint density at radius 2 is 1.86 bits per heavy atom. The Kier molecular flexibility index (Phi) is 4.56. The van der Waals surface area contributed by atoms with Gasteiger partial charge in [0.2, 0.25) is 6.04 Å². The maximum atomic E-state index is 10.8. The van der Waals surface area contributed by atoms with E-state index in [0.29, 0.717) is 12.8 Å². The highest BCUT2D eigenvalue weighted by Crippen LogP contribution is 2.26. The molecule has 0 aliphatic heterocycles. The lowest BCUT2D eigenvalue weighted by atomic mass is 9.85. The molecule has 4 nitrogen and oxygen atoms in total. The summed E-state index contributed by atoms with van der Waals surface area (Å²) in [5, 5.41) is 10.8. The average molecular weight is 199 g/mol. The summed E-state index contributed by atoms with van der Waals surface area (Å²) in [4.78, 5) is 21.0. The SMILES string of the molecule is O=CCC1CCCCCCC1[N+](=O)[O-]. The minimum atomic E-state index is -0.486. The first-order valence-corrected chi connectivity index (χ1v) is 5.33. The van der Waals surface area contributed by atoms with Crippen LogP contribution in [-0.2, 0) is 4.79 Å². The predicted octanol–water partition coefficient (Wildman–Crippen LogP) is 2.19. The van der Waals surface area contributed by atoms with Gasteiger partial charge in [-0.3, -0.25) is 10.1 Å². The molecule has 14 heavy (non-hydrogen) atoms. The van der Waals surface area contributed by atoms with E-state index in [9.17, 15) is 14.9 Å². The second-order valence-electron chi connectivity index (χ2n) is 4.01. The van der Waals surface area contributed by atoms with Crippen molar-refractivity contribution in [2.75, 3.05) is 0 Å². The lowest BCUT2D eigenvalue weighted by Gasteiger charge is -2.21. The molecule has 0 bridgehead atoms. The summed E-state index contributed by atoms with van der Waals surface area (Å²) >= 11 is 0. The number of hydrogen-bond donors (Lipinski definition) is 0. The Morgan fingerprint density at radius 3 is 2.43 bits per heavy atom. The maximum Gasteiger partial charge on any atom is 0.216 e. The van der Waals surface area contributed by atoms with Crippen molar-refractivity contribution in [1.29, 1.82) is 0 Å². The molecule has 1 saturated carbocycles. The molecule has 4 heteroatoms. The van der Waals surface area contributed by atoms with Gasteiger partial charge in [0.1, 0.15) is 6.29 Å². The van der Waals surface area contributed by atoms with Crippen LogP contribution in [0.2, 0.25) is 0 Å². The van der Waals surface area contributed by atoms with Crippen LogP contribution in [0.4, 0.5) is 0 Å². The van der Waals surface area contributed by atoms with Gasteiger partial charge in [-0.15, -0.1) is 0 Å². The first-order valence-electron chi connectivity index (χ1n) is 5.33. The van der Waals surface area contributed by atoms with Crippen molar-refractivity contribution in [2.24, 2.45) is 5.92 Å². The van der Waals surface area contributed by atoms with Crippen LogP contribution < -0.4 is 0 Å². The van der Waals surface area contributed by atoms with Crippen molar-refractivity contribution in [2.45, 2.75) is 51.0 Å². The molecule has 1 rings (SSSR count). The van der Waals surface area contributed by atoms with Crippen LogP contribution in [0.25, 0.3) is 0 Å². The van der Waals surface area contributed by atoms with Crippen LogP contribution in [0.3, 0.4) is 0 Å². The summed E-state index contributed by atoms with van der Waals surface area (Å²) < 4.78 is 0. The fourth-order valence-corrected chi connectivity index (χ4v) is 2.22. The van der Waals surface area contributed by atoms with Gasteiger partial charge in [-0.2, -0.15) is 0 Å². The summed E-state index contributed by atoms with van der Waals surface area (Å²) in [7, 11) is 0. The molecule has 1 aliphatic carbocycles. The van der Waals surface area contributed by atoms with Gasteiger partial charge in [0.25, 0.3) is 0 Å². The van der Waals surface area contributed by atoms with Crippen molar-refractivity contribution in [3.63, 3.8) is 0 Å². The Balaban J connectivity index is 2.59. The van der Waals surface area contributed by atoms with E-state index in [0.717, 1.165) is 38.4 Å². The molecule has 0 aromatic carbocycles. The lowest BCUT2D eigenvalue weighted by Crippen LogP contribution is -2.30. The molecule has 0 heterocycles. The first kappa shape index (κ1) is 11.1. The van der Waals surface area contributed by atoms with E-state index in [-0.39, 0.29) is 10.8 Å². The number of nitro groups is 1. The van der Waals surface area contributed by atoms with Gasteiger partial charge in [0.15, 0.2) is 0 Å². The third kappa shape index (κ3) is 3.09. The molecule has 0 aromatic rings. The maximum absolute atomic E-state index is 10.8. The van der Waals surface area contributed by atoms with Gasteiger partial charge in [-0.05, 0) is 12.8 Å². The lowest BCUT2D eigenvalue weighted by molar-refractivity contribution is -0.533. The first-order chi connectivity index (χ1) is 6.75. The largest absolute Gasteiger partial charge is 0.303 e. The Bertz CT molecular complexity index is 206. The van der Waals surface area contributed by atoms with Crippen LogP contribution in [-0.4, -0.2) is 17.3 Å². The molecule has 2 unspecified atom stereocenters. The van der Waals surface area contributed by atoms with E-state index in [1.807, 2.05) is 0 Å². The van der Waals surface area contributed by atoms with Gasteiger partial charge >= 0.3 is 0 Å². The van der Waals surface area contributed by atoms with Crippen molar-refractivity contribution in [1.82, 2.24) is 0 Å². The van der Waals surface area contributed by atoms with Crippen LogP contribution in [0.15, 0.2) is 0 Å². The molecule has 2 atom stereocenters. The number of aldehydes is 1. The fraction of sp³-hybridized carbons (Fsp3) is 0.900. The molecule has 0 radical (unpaired) electrons. The van der Waals surface area contributed by atoms with Gasteiger partial charge in [-0.1, -0.05) is 19.3 Å². The molecular weight excluding hydrogens is 182 g/mol. The van der Waals surface area contributed by atoms with E-state index in [2.05, 4.69) is 0 Å². The highest BCUT2D eigenvalue weighted by molar-refractivity contribution is 5.49. The van der Waals surface area contributed by atoms with Crippen LogP contribution in [0, 0.1) is 16.0 Å². The molecule has 0 saturated heterocycles. The van der Waals surface area contributed by atoms with Crippen molar-refractivity contribution in [3.8, 4) is 0 Å². The second kappa shape index (κ2) is 5.73. The van der Waals surface area contributed by atoms with E-state index >= 15 is 0 Å². The predicted molar refractivity (Wildman–Crippen MR) is 52.7 cm³/mol. The minimum absolute atomic E-state index is 0.0252. The molecule has 0 N–H and O–H groups in total. The van der Waals surface area contributed by atoms with Gasteiger partial charge < -0.3 is 4.79 Å². The van der Waals surface area contributed by atoms with Crippen molar-refractivity contribution >= 4 is 6.29 Å². The molecule has 0 aromatic heterocycles. The van der Waals surface area contributed by atoms with Crippen molar-refractivity contribution in [3.05, 3.63) is 10.1 Å². The summed E-state index contributed by atoms with van der Waals surface area (Å²) in [6.07, 6.45) is 6.87. The van der Waals surface area contributed by atoms with Crippen molar-refractivity contribution < 1.29 is 9.72 Å². The quantitative estimate of drug-likeness (QED) is 0.397. The van der Waals surface area contributed by atoms with Gasteiger partial charge in [-0.25, -0.2) is 0 Å². The number of carbonyl (C=O) groups excluding carboxylic acids is 1. The number of hydrogen-bond acceptors (Lipinski definition) is 3. The zero-order chi connectivity index (χ0) is 10.4. The molecule has 1 aliphatic rings. The second-order valence-corrected chi connectivity index (χ2v) is 4.01. The monoisotopic (exact) mass is 199 g/mol. The normalized spacial score (nSPS) is 28.9. The zero-order valence-electron chi connectivity index (χ0n) is 8.35. The average Bonchev–Trinajstić information content (AvgIpc) is 2.09. The van der Waals surface area contributed by atoms with E-state index in [4.69, 9.17) is 0 Å². The third-order valence-corrected chi connectivity index (χ3v) is 3.04. The summed E-state index contributed by atoms with van der Waals surface area (Å²) in [6.45, 7) is 0. The summed E-state index contributed by atoms with van der Waals surface area (Å²) in [6, 6.07) is -0.486. The number of carbonyl (C=O) groups is 1. The summed E-state index contributed by atoms with van der Waals surface area (Å²) in [5.74, 6) is -0.0252. The topological polar surface area (TPSA) is 60.2 Å². The number of rotatable bonds is 3. The summed E-state index contributed by atoms with van der Waals surface area (Å²) in [5.41, 5.74) is 0. The smallest absolute Gasteiger partial charge is 0.216 e. The minimum Gasteiger partial charge on any atom is -0.303 e. The van der Waals surface area contributed by atoms with Crippen LogP contribution in [0.5, 0.6) is 0 Å². The standard InChI is InChI=1S/C10H17NO3/c12-8-7-9-5-3-1-2-4-6-10(9)11(13)14/h8-10H,1-7H2. The Hall–Kier alpha value is -0.930. The zero-order valence-corrected chi connectivity index (χ0v) is 8.35. The van der Waals surface area contributed by atoms with Crippen LogP contribution in [0.1, 0.15) is 44.9 Å². The van der Waals surface area contributed by atoms with Gasteiger partial charge in [0, 0.05) is 23.7 Å². The van der Waals surface area contributed by atoms with E-state index < -0.39 is 6.04 Å². The molecule has 0 amide bonds. The molecular formula is C10H17NO3. The van der Waals surface area contributed by atoms with Crippen LogP contribution >= 0.6 is 0 Å². The molecule has 80 valence electrons. The number of nitrogens with zero attached hydrogens (tertiary/aromatic N) is 1. The third-order valence-electron chi connectivity index (χ3n) is 3.04. The Labute approximate surface area is 83.8 Å².